The molecule has 1 aliphatic heterocycles. The van der Waals surface area contributed by atoms with E-state index >= 15 is 0 Å². The average Bonchev–Trinajstić information content (AvgIpc) is 3.12. The lowest BCUT2D eigenvalue weighted by Gasteiger charge is -2.30. The Bertz CT molecular complexity index is 934. The van der Waals surface area contributed by atoms with E-state index in [-0.39, 0.29) is 6.04 Å². The van der Waals surface area contributed by atoms with E-state index in [9.17, 15) is 13.2 Å². The SMILES string of the molecule is CN1CCC[C@@H](Nc2nnc(-c3ccc(C(F)(F)F)cc3)c3nc[nH]c23)C1. The van der Waals surface area contributed by atoms with Crippen LogP contribution in [0.4, 0.5) is 19.0 Å². The van der Waals surface area contributed by atoms with Crippen molar-refractivity contribution in [3.8, 4) is 11.3 Å². The van der Waals surface area contributed by atoms with Gasteiger partial charge in [-0.1, -0.05) is 12.1 Å². The van der Waals surface area contributed by atoms with Crippen molar-refractivity contribution >= 4 is 16.9 Å². The summed E-state index contributed by atoms with van der Waals surface area (Å²) in [4.78, 5) is 9.63. The van der Waals surface area contributed by atoms with Gasteiger partial charge in [-0.2, -0.15) is 13.2 Å². The average molecular weight is 376 g/mol. The first kappa shape index (κ1) is 17.7. The molecule has 142 valence electrons. The van der Waals surface area contributed by atoms with Crippen molar-refractivity contribution in [1.29, 1.82) is 0 Å². The molecule has 0 saturated carbocycles. The van der Waals surface area contributed by atoms with E-state index in [0.717, 1.165) is 38.1 Å². The van der Waals surface area contributed by atoms with Crippen molar-refractivity contribution in [2.75, 3.05) is 25.5 Å². The molecule has 0 aliphatic carbocycles. The van der Waals surface area contributed by atoms with E-state index in [2.05, 4.69) is 37.4 Å². The van der Waals surface area contributed by atoms with Gasteiger partial charge in [-0.15, -0.1) is 10.2 Å². The number of likely N-dealkylation sites (N-methyl/N-ethyl adjacent to an activating group) is 1. The van der Waals surface area contributed by atoms with Crippen LogP contribution < -0.4 is 5.32 Å². The minimum absolute atomic E-state index is 0.265. The van der Waals surface area contributed by atoms with E-state index in [1.54, 1.807) is 6.33 Å². The van der Waals surface area contributed by atoms with Crippen molar-refractivity contribution in [1.82, 2.24) is 25.1 Å². The van der Waals surface area contributed by atoms with E-state index in [0.29, 0.717) is 28.1 Å². The Morgan fingerprint density at radius 1 is 1.19 bits per heavy atom. The summed E-state index contributed by atoms with van der Waals surface area (Å²) >= 11 is 0. The molecule has 4 rings (SSSR count). The summed E-state index contributed by atoms with van der Waals surface area (Å²) in [5.74, 6) is 0.610. The Kier molecular flexibility index (Phi) is 4.47. The molecule has 1 saturated heterocycles. The fourth-order valence-electron chi connectivity index (χ4n) is 3.44. The Hall–Kier alpha value is -2.68. The van der Waals surface area contributed by atoms with Gasteiger partial charge in [-0.3, -0.25) is 0 Å². The summed E-state index contributed by atoms with van der Waals surface area (Å²) in [5.41, 5.74) is 1.57. The van der Waals surface area contributed by atoms with Crippen LogP contribution in [0, 0.1) is 0 Å². The molecule has 0 unspecified atom stereocenters. The number of aromatic amines is 1. The van der Waals surface area contributed by atoms with Crippen LogP contribution in [-0.4, -0.2) is 51.2 Å². The van der Waals surface area contributed by atoms with Gasteiger partial charge in [0.1, 0.15) is 16.7 Å². The quantitative estimate of drug-likeness (QED) is 0.732. The number of halogens is 3. The molecular weight excluding hydrogens is 357 g/mol. The molecule has 0 spiro atoms. The third-order valence-corrected chi connectivity index (χ3v) is 4.80. The lowest BCUT2D eigenvalue weighted by molar-refractivity contribution is -0.137. The number of piperidine rings is 1. The first-order chi connectivity index (χ1) is 12.9. The zero-order valence-corrected chi connectivity index (χ0v) is 14.7. The lowest BCUT2D eigenvalue weighted by Crippen LogP contribution is -2.40. The van der Waals surface area contributed by atoms with Crippen LogP contribution in [-0.2, 0) is 6.18 Å². The number of H-pyrrole nitrogens is 1. The third kappa shape index (κ3) is 3.59. The van der Waals surface area contributed by atoms with Crippen LogP contribution in [0.1, 0.15) is 18.4 Å². The summed E-state index contributed by atoms with van der Waals surface area (Å²) < 4.78 is 38.3. The maximum Gasteiger partial charge on any atom is 0.416 e. The van der Waals surface area contributed by atoms with Gasteiger partial charge in [0.2, 0.25) is 0 Å². The number of nitrogens with zero attached hydrogens (tertiary/aromatic N) is 4. The Morgan fingerprint density at radius 3 is 2.67 bits per heavy atom. The van der Waals surface area contributed by atoms with Crippen LogP contribution in [0.3, 0.4) is 0 Å². The highest BCUT2D eigenvalue weighted by Crippen LogP contribution is 2.32. The van der Waals surface area contributed by atoms with Gasteiger partial charge in [-0.05, 0) is 38.6 Å². The third-order valence-electron chi connectivity index (χ3n) is 4.80. The number of fused-ring (bicyclic) bond motifs is 1. The smallest absolute Gasteiger partial charge is 0.363 e. The molecule has 27 heavy (non-hydrogen) atoms. The monoisotopic (exact) mass is 376 g/mol. The molecule has 1 fully saturated rings. The molecule has 1 aromatic carbocycles. The first-order valence-electron chi connectivity index (χ1n) is 8.74. The van der Waals surface area contributed by atoms with Crippen molar-refractivity contribution in [3.05, 3.63) is 36.2 Å². The second-order valence-electron chi connectivity index (χ2n) is 6.84. The fourth-order valence-corrected chi connectivity index (χ4v) is 3.44. The molecule has 3 heterocycles. The summed E-state index contributed by atoms with van der Waals surface area (Å²) in [7, 11) is 2.08. The molecule has 9 heteroatoms. The van der Waals surface area contributed by atoms with E-state index in [1.807, 2.05) is 0 Å². The van der Waals surface area contributed by atoms with Gasteiger partial charge < -0.3 is 15.2 Å². The van der Waals surface area contributed by atoms with Gasteiger partial charge in [0.05, 0.1) is 11.9 Å². The van der Waals surface area contributed by atoms with Crippen molar-refractivity contribution in [3.63, 3.8) is 0 Å². The fraction of sp³-hybridized carbons (Fsp3) is 0.389. The number of hydrogen-bond acceptors (Lipinski definition) is 5. The van der Waals surface area contributed by atoms with Gasteiger partial charge in [0.15, 0.2) is 5.82 Å². The van der Waals surface area contributed by atoms with Crippen molar-refractivity contribution in [2.24, 2.45) is 0 Å². The van der Waals surface area contributed by atoms with Gasteiger partial charge in [-0.25, -0.2) is 4.98 Å². The molecule has 0 bridgehead atoms. The highest BCUT2D eigenvalue weighted by molar-refractivity contribution is 5.94. The van der Waals surface area contributed by atoms with Crippen LogP contribution in [0.2, 0.25) is 0 Å². The van der Waals surface area contributed by atoms with Gasteiger partial charge in [0, 0.05) is 18.2 Å². The van der Waals surface area contributed by atoms with Gasteiger partial charge in [0.25, 0.3) is 0 Å². The lowest BCUT2D eigenvalue weighted by atomic mass is 10.1. The molecule has 1 atom stereocenters. The number of imidazole rings is 1. The maximum absolute atomic E-state index is 12.8. The highest BCUT2D eigenvalue weighted by atomic mass is 19.4. The molecule has 0 amide bonds. The minimum atomic E-state index is -4.37. The maximum atomic E-state index is 12.8. The van der Waals surface area contributed by atoms with Crippen LogP contribution in [0.25, 0.3) is 22.3 Å². The standard InChI is InChI=1S/C18H19F3N6/c1-27-8-2-3-13(9-27)24-17-16-15(22-10-23-16)14(25-26-17)11-4-6-12(7-5-11)18(19,20)21/h4-7,10,13H,2-3,8-9H2,1H3,(H,22,23)(H,24,26)/t13-/m1/s1. The predicted octanol–water partition coefficient (Wildman–Crippen LogP) is 3.54. The van der Waals surface area contributed by atoms with Crippen LogP contribution in [0.5, 0.6) is 0 Å². The second kappa shape index (κ2) is 6.80. The molecule has 3 aromatic rings. The molecule has 6 nitrogen and oxygen atoms in total. The zero-order chi connectivity index (χ0) is 19.0. The Labute approximate surface area is 153 Å². The summed E-state index contributed by atoms with van der Waals surface area (Å²) in [5, 5.41) is 11.9. The van der Waals surface area contributed by atoms with E-state index < -0.39 is 11.7 Å². The largest absolute Gasteiger partial charge is 0.416 e. The topological polar surface area (TPSA) is 69.7 Å². The molecule has 1 aliphatic rings. The number of nitrogens with one attached hydrogen (secondary N) is 2. The normalized spacial score (nSPS) is 18.7. The number of anilines is 1. The zero-order valence-electron chi connectivity index (χ0n) is 14.7. The van der Waals surface area contributed by atoms with Crippen molar-refractivity contribution in [2.45, 2.75) is 25.1 Å². The number of aromatic nitrogens is 4. The number of benzene rings is 1. The Morgan fingerprint density at radius 2 is 1.96 bits per heavy atom. The molecule has 2 aromatic heterocycles. The summed E-state index contributed by atoms with van der Waals surface area (Å²) in [6.45, 7) is 1.99. The second-order valence-corrected chi connectivity index (χ2v) is 6.84. The van der Waals surface area contributed by atoms with Crippen LogP contribution in [0.15, 0.2) is 30.6 Å². The first-order valence-corrected chi connectivity index (χ1v) is 8.74. The molecule has 2 N–H and O–H groups in total. The van der Waals surface area contributed by atoms with Crippen molar-refractivity contribution < 1.29 is 13.2 Å². The number of likely N-dealkylation sites (tertiary alicyclic amines) is 1. The van der Waals surface area contributed by atoms with E-state index in [1.165, 1.54) is 12.1 Å². The number of hydrogen-bond donors (Lipinski definition) is 2. The van der Waals surface area contributed by atoms with E-state index in [4.69, 9.17) is 0 Å². The minimum Gasteiger partial charge on any atom is -0.363 e. The number of rotatable bonds is 3. The summed E-state index contributed by atoms with van der Waals surface area (Å²) in [6.07, 6.45) is -0.674. The van der Waals surface area contributed by atoms with Crippen LogP contribution >= 0.6 is 0 Å². The molecular formula is C18H19F3N6. The van der Waals surface area contributed by atoms with Gasteiger partial charge >= 0.3 is 6.18 Å². The highest BCUT2D eigenvalue weighted by Gasteiger charge is 2.30. The summed E-state index contributed by atoms with van der Waals surface area (Å²) in [6, 6.07) is 5.13. The predicted molar refractivity (Wildman–Crippen MR) is 96.3 cm³/mol. The molecule has 0 radical (unpaired) electrons. The number of alkyl halides is 3. The Balaban J connectivity index is 1.65.